The highest BCUT2D eigenvalue weighted by Crippen LogP contribution is 2.33. The highest BCUT2D eigenvalue weighted by atomic mass is 16.5. The van der Waals surface area contributed by atoms with Crippen LogP contribution in [-0.2, 0) is 9.59 Å². The number of benzene rings is 1. The van der Waals surface area contributed by atoms with Crippen LogP contribution in [0.3, 0.4) is 0 Å². The van der Waals surface area contributed by atoms with Crippen LogP contribution in [-0.4, -0.2) is 23.6 Å². The number of amides is 1. The van der Waals surface area contributed by atoms with Crippen molar-refractivity contribution in [3.63, 3.8) is 0 Å². The topological polar surface area (TPSA) is 75.6 Å². The summed E-state index contributed by atoms with van der Waals surface area (Å²) in [5.41, 5.74) is 1.95. The Balaban J connectivity index is 2.20. The first-order chi connectivity index (χ1) is 9.08. The summed E-state index contributed by atoms with van der Waals surface area (Å²) in [6, 6.07) is 5.61. The molecule has 2 N–H and O–H groups in total. The van der Waals surface area contributed by atoms with Crippen molar-refractivity contribution in [3.8, 4) is 5.75 Å². The van der Waals surface area contributed by atoms with Crippen molar-refractivity contribution in [2.75, 3.05) is 6.61 Å². The molecule has 5 nitrogen and oxygen atoms in total. The third kappa shape index (κ3) is 3.24. The van der Waals surface area contributed by atoms with Gasteiger partial charge in [-0.05, 0) is 25.3 Å². The number of aryl methyl sites for hydroxylation is 1. The summed E-state index contributed by atoms with van der Waals surface area (Å²) in [7, 11) is 0. The normalized spacial score (nSPS) is 17.8. The van der Waals surface area contributed by atoms with Crippen LogP contribution >= 0.6 is 0 Å². The lowest BCUT2D eigenvalue weighted by Crippen LogP contribution is -2.30. The number of aliphatic carboxylic acids is 1. The van der Waals surface area contributed by atoms with Gasteiger partial charge in [-0.3, -0.25) is 9.59 Å². The van der Waals surface area contributed by atoms with E-state index >= 15 is 0 Å². The van der Waals surface area contributed by atoms with Gasteiger partial charge >= 0.3 is 5.97 Å². The van der Waals surface area contributed by atoms with Gasteiger partial charge in [0.25, 0.3) is 0 Å². The zero-order valence-corrected chi connectivity index (χ0v) is 10.8. The van der Waals surface area contributed by atoms with Gasteiger partial charge in [-0.15, -0.1) is 0 Å². The lowest BCUT2D eigenvalue weighted by Gasteiger charge is -2.19. The summed E-state index contributed by atoms with van der Waals surface area (Å²) >= 11 is 0. The molecule has 19 heavy (non-hydrogen) atoms. The highest BCUT2D eigenvalue weighted by Gasteiger charge is 2.23. The van der Waals surface area contributed by atoms with Gasteiger partial charge in [-0.25, -0.2) is 0 Å². The van der Waals surface area contributed by atoms with Crippen molar-refractivity contribution in [1.29, 1.82) is 0 Å². The average molecular weight is 263 g/mol. The van der Waals surface area contributed by atoms with Gasteiger partial charge in [0.1, 0.15) is 12.2 Å². The number of para-hydroxylation sites is 1. The number of carboxylic acid groups (broad SMARTS) is 1. The van der Waals surface area contributed by atoms with Crippen LogP contribution in [0.1, 0.15) is 36.4 Å². The molecule has 1 heterocycles. The molecule has 0 aromatic heterocycles. The van der Waals surface area contributed by atoms with E-state index in [0.717, 1.165) is 29.7 Å². The van der Waals surface area contributed by atoms with Gasteiger partial charge in [-0.2, -0.15) is 0 Å². The van der Waals surface area contributed by atoms with Gasteiger partial charge in [0, 0.05) is 5.56 Å². The van der Waals surface area contributed by atoms with E-state index in [4.69, 9.17) is 9.84 Å². The van der Waals surface area contributed by atoms with Crippen molar-refractivity contribution in [1.82, 2.24) is 5.32 Å². The van der Waals surface area contributed by atoms with E-state index in [-0.39, 0.29) is 6.04 Å². The Bertz CT molecular complexity index is 498. The molecule has 102 valence electrons. The third-order valence-corrected chi connectivity index (χ3v) is 3.15. The molecule has 1 aliphatic rings. The Kier molecular flexibility index (Phi) is 4.04. The third-order valence-electron chi connectivity index (χ3n) is 3.15. The number of hydrogen-bond acceptors (Lipinski definition) is 3. The molecule has 1 atom stereocenters. The number of carboxylic acids is 1. The molecule has 2 rings (SSSR count). The van der Waals surface area contributed by atoms with Gasteiger partial charge in [0.2, 0.25) is 5.91 Å². The molecule has 0 aliphatic carbocycles. The van der Waals surface area contributed by atoms with Crippen molar-refractivity contribution in [2.24, 2.45) is 0 Å². The van der Waals surface area contributed by atoms with E-state index in [1.165, 1.54) is 0 Å². The molecule has 0 spiro atoms. The van der Waals surface area contributed by atoms with E-state index in [0.29, 0.717) is 6.61 Å². The Hall–Kier alpha value is -2.04. The second-order valence-corrected chi connectivity index (χ2v) is 4.67. The Morgan fingerprint density at radius 1 is 1.47 bits per heavy atom. The SMILES string of the molecule is Cc1cccc2c1OCCCC2NC(=O)CC(=O)O. The average Bonchev–Trinajstić information content (AvgIpc) is 2.52. The fourth-order valence-electron chi connectivity index (χ4n) is 2.30. The van der Waals surface area contributed by atoms with Crippen molar-refractivity contribution in [3.05, 3.63) is 29.3 Å². The maximum Gasteiger partial charge on any atom is 0.312 e. The zero-order valence-electron chi connectivity index (χ0n) is 10.8. The molecule has 0 saturated carbocycles. The van der Waals surface area contributed by atoms with Crippen LogP contribution in [0.2, 0.25) is 0 Å². The summed E-state index contributed by atoms with van der Waals surface area (Å²) in [6.07, 6.45) is 1.08. The summed E-state index contributed by atoms with van der Waals surface area (Å²) < 4.78 is 5.70. The van der Waals surface area contributed by atoms with Gasteiger partial charge in [0.15, 0.2) is 0 Å². The van der Waals surface area contributed by atoms with Crippen molar-refractivity contribution in [2.45, 2.75) is 32.2 Å². The molecule has 1 unspecified atom stereocenters. The monoisotopic (exact) mass is 263 g/mol. The molecule has 1 aromatic carbocycles. The van der Waals surface area contributed by atoms with Crippen LogP contribution < -0.4 is 10.1 Å². The molecule has 0 fully saturated rings. The smallest absolute Gasteiger partial charge is 0.312 e. The van der Waals surface area contributed by atoms with E-state index in [9.17, 15) is 9.59 Å². The maximum atomic E-state index is 11.6. The summed E-state index contributed by atoms with van der Waals surface area (Å²) in [5.74, 6) is -0.778. The Morgan fingerprint density at radius 3 is 3.00 bits per heavy atom. The minimum atomic E-state index is -1.12. The summed E-state index contributed by atoms with van der Waals surface area (Å²) in [5, 5.41) is 11.4. The molecule has 5 heteroatoms. The van der Waals surface area contributed by atoms with E-state index < -0.39 is 18.3 Å². The number of ether oxygens (including phenoxy) is 1. The molecule has 0 radical (unpaired) electrons. The van der Waals surface area contributed by atoms with E-state index in [1.807, 2.05) is 25.1 Å². The quantitative estimate of drug-likeness (QED) is 0.815. The number of carbonyl (C=O) groups excluding carboxylic acids is 1. The van der Waals surface area contributed by atoms with Crippen LogP contribution in [0.25, 0.3) is 0 Å². The van der Waals surface area contributed by atoms with E-state index in [1.54, 1.807) is 0 Å². The standard InChI is InChI=1S/C14H17NO4/c1-9-4-2-5-10-11(6-3-7-19-14(9)10)15-12(16)8-13(17)18/h2,4-5,11H,3,6-8H2,1H3,(H,15,16)(H,17,18). The Morgan fingerprint density at radius 2 is 2.26 bits per heavy atom. The number of hydrogen-bond donors (Lipinski definition) is 2. The largest absolute Gasteiger partial charge is 0.493 e. The molecular weight excluding hydrogens is 246 g/mol. The molecular formula is C14H17NO4. The van der Waals surface area contributed by atoms with E-state index in [2.05, 4.69) is 5.32 Å². The molecule has 0 bridgehead atoms. The summed E-state index contributed by atoms with van der Waals surface area (Å²) in [4.78, 5) is 22.1. The zero-order chi connectivity index (χ0) is 13.8. The number of fused-ring (bicyclic) bond motifs is 1. The van der Waals surface area contributed by atoms with Gasteiger partial charge in [-0.1, -0.05) is 18.2 Å². The minimum absolute atomic E-state index is 0.177. The second-order valence-electron chi connectivity index (χ2n) is 4.67. The Labute approximate surface area is 111 Å². The number of rotatable bonds is 3. The van der Waals surface area contributed by atoms with Crippen LogP contribution in [0.5, 0.6) is 5.75 Å². The predicted molar refractivity (Wildman–Crippen MR) is 69.0 cm³/mol. The molecule has 1 amide bonds. The number of nitrogens with one attached hydrogen (secondary N) is 1. The number of carbonyl (C=O) groups is 2. The highest BCUT2D eigenvalue weighted by molar-refractivity contribution is 5.93. The van der Waals surface area contributed by atoms with Crippen molar-refractivity contribution >= 4 is 11.9 Å². The van der Waals surface area contributed by atoms with Gasteiger partial charge in [0.05, 0.1) is 12.6 Å². The molecule has 0 saturated heterocycles. The maximum absolute atomic E-state index is 11.6. The van der Waals surface area contributed by atoms with Crippen LogP contribution in [0, 0.1) is 6.92 Å². The lowest BCUT2D eigenvalue weighted by atomic mass is 9.99. The second kappa shape index (κ2) is 5.73. The summed E-state index contributed by atoms with van der Waals surface area (Å²) in [6.45, 7) is 2.57. The predicted octanol–water partition coefficient (Wildman–Crippen LogP) is 1.80. The minimum Gasteiger partial charge on any atom is -0.493 e. The lowest BCUT2D eigenvalue weighted by molar-refractivity contribution is -0.140. The van der Waals surface area contributed by atoms with Crippen molar-refractivity contribution < 1.29 is 19.4 Å². The van der Waals surface area contributed by atoms with Crippen LogP contribution in [0.4, 0.5) is 0 Å². The first-order valence-corrected chi connectivity index (χ1v) is 6.31. The fourth-order valence-corrected chi connectivity index (χ4v) is 2.30. The molecule has 1 aromatic rings. The first-order valence-electron chi connectivity index (χ1n) is 6.31. The first kappa shape index (κ1) is 13.4. The van der Waals surface area contributed by atoms with Gasteiger partial charge < -0.3 is 15.2 Å². The molecule has 1 aliphatic heterocycles. The van der Waals surface area contributed by atoms with Crippen LogP contribution in [0.15, 0.2) is 18.2 Å². The fraction of sp³-hybridized carbons (Fsp3) is 0.429.